The number of fused-ring (bicyclic) bond motifs is 1. The predicted octanol–water partition coefficient (Wildman–Crippen LogP) is -0.0947. The number of sulfonamides is 1. The van der Waals surface area contributed by atoms with Crippen molar-refractivity contribution in [1.29, 1.82) is 0 Å². The molecule has 2 saturated heterocycles. The lowest BCUT2D eigenvalue weighted by molar-refractivity contribution is -0.140. The lowest BCUT2D eigenvalue weighted by atomic mass is 9.88. The summed E-state index contributed by atoms with van der Waals surface area (Å²) in [5, 5.41) is -0.178. The molecule has 0 spiro atoms. The maximum absolute atomic E-state index is 12.4. The first-order valence-electron chi connectivity index (χ1n) is 7.30. The molecule has 7 heteroatoms. The molecule has 2 aliphatic heterocycles. The molecule has 1 aliphatic carbocycles. The zero-order valence-electron chi connectivity index (χ0n) is 11.8. The van der Waals surface area contributed by atoms with Gasteiger partial charge in [0.25, 0.3) is 0 Å². The SMILES string of the molecule is COCCN1CC[C@H]2CN(S(=O)(=O)C3CC3)C[C@@H]2C1=O. The number of rotatable bonds is 5. The lowest BCUT2D eigenvalue weighted by Gasteiger charge is -2.33. The second-order valence-corrected chi connectivity index (χ2v) is 8.25. The molecule has 0 radical (unpaired) electrons. The summed E-state index contributed by atoms with van der Waals surface area (Å²) in [5.74, 6) is 0.163. The number of piperidine rings is 1. The van der Waals surface area contributed by atoms with Crippen LogP contribution in [0.2, 0.25) is 0 Å². The number of hydrogen-bond acceptors (Lipinski definition) is 4. The van der Waals surface area contributed by atoms with E-state index < -0.39 is 10.0 Å². The van der Waals surface area contributed by atoms with Gasteiger partial charge in [0.1, 0.15) is 0 Å². The van der Waals surface area contributed by atoms with Crippen molar-refractivity contribution in [1.82, 2.24) is 9.21 Å². The van der Waals surface area contributed by atoms with Gasteiger partial charge >= 0.3 is 0 Å². The van der Waals surface area contributed by atoms with E-state index in [9.17, 15) is 13.2 Å². The smallest absolute Gasteiger partial charge is 0.227 e. The predicted molar refractivity (Wildman–Crippen MR) is 73.6 cm³/mol. The second kappa shape index (κ2) is 5.27. The molecule has 1 saturated carbocycles. The van der Waals surface area contributed by atoms with Gasteiger partial charge in [0.2, 0.25) is 15.9 Å². The standard InChI is InChI=1S/C13H22N2O4S/c1-19-7-6-14-5-4-10-8-15(9-12(10)13(14)16)20(17,18)11-2-3-11/h10-12H,2-9H2,1H3/t10-,12-/m0/s1. The van der Waals surface area contributed by atoms with Crippen LogP contribution in [0.3, 0.4) is 0 Å². The Morgan fingerprint density at radius 2 is 2.00 bits per heavy atom. The number of amides is 1. The van der Waals surface area contributed by atoms with Gasteiger partial charge in [-0.25, -0.2) is 12.7 Å². The van der Waals surface area contributed by atoms with E-state index in [1.807, 2.05) is 4.90 Å². The first kappa shape index (κ1) is 14.3. The Balaban J connectivity index is 1.67. The normalized spacial score (nSPS) is 31.6. The maximum atomic E-state index is 12.4. The molecular formula is C13H22N2O4S. The average Bonchev–Trinajstić information content (AvgIpc) is 3.18. The molecule has 2 heterocycles. The minimum absolute atomic E-state index is 0.104. The summed E-state index contributed by atoms with van der Waals surface area (Å²) in [5.41, 5.74) is 0. The van der Waals surface area contributed by atoms with E-state index in [1.54, 1.807) is 11.4 Å². The fourth-order valence-electron chi connectivity index (χ4n) is 3.28. The third kappa shape index (κ3) is 2.46. The van der Waals surface area contributed by atoms with Gasteiger partial charge in [-0.3, -0.25) is 4.79 Å². The zero-order valence-corrected chi connectivity index (χ0v) is 12.6. The van der Waals surface area contributed by atoms with Gasteiger partial charge in [-0.15, -0.1) is 0 Å². The summed E-state index contributed by atoms with van der Waals surface area (Å²) in [6, 6.07) is 0. The Morgan fingerprint density at radius 1 is 1.25 bits per heavy atom. The number of ether oxygens (including phenoxy) is 1. The van der Waals surface area contributed by atoms with E-state index >= 15 is 0 Å². The average molecular weight is 302 g/mol. The molecule has 6 nitrogen and oxygen atoms in total. The van der Waals surface area contributed by atoms with E-state index in [-0.39, 0.29) is 23.0 Å². The molecule has 3 rings (SSSR count). The van der Waals surface area contributed by atoms with Crippen molar-refractivity contribution >= 4 is 15.9 Å². The number of nitrogens with zero attached hydrogens (tertiary/aromatic N) is 2. The first-order chi connectivity index (χ1) is 9.54. The topological polar surface area (TPSA) is 66.9 Å². The second-order valence-electron chi connectivity index (χ2n) is 6.03. The number of methoxy groups -OCH3 is 1. The van der Waals surface area contributed by atoms with Crippen molar-refractivity contribution in [2.45, 2.75) is 24.5 Å². The van der Waals surface area contributed by atoms with Gasteiger partial charge in [-0.2, -0.15) is 0 Å². The van der Waals surface area contributed by atoms with Crippen LogP contribution in [-0.4, -0.2) is 68.7 Å². The summed E-state index contributed by atoms with van der Waals surface area (Å²) < 4.78 is 31.1. The number of likely N-dealkylation sites (tertiary alicyclic amines) is 1. The molecule has 114 valence electrons. The van der Waals surface area contributed by atoms with Gasteiger partial charge in [0, 0.05) is 33.3 Å². The highest BCUT2D eigenvalue weighted by molar-refractivity contribution is 7.90. The van der Waals surface area contributed by atoms with Crippen molar-refractivity contribution in [3.05, 3.63) is 0 Å². The minimum Gasteiger partial charge on any atom is -0.383 e. The van der Waals surface area contributed by atoms with Crippen LogP contribution in [0.5, 0.6) is 0 Å². The number of hydrogen-bond donors (Lipinski definition) is 0. The van der Waals surface area contributed by atoms with Gasteiger partial charge in [-0.1, -0.05) is 0 Å². The number of carbonyl (C=O) groups is 1. The Morgan fingerprint density at radius 3 is 2.65 bits per heavy atom. The molecule has 3 fully saturated rings. The Labute approximate surface area is 120 Å². The highest BCUT2D eigenvalue weighted by atomic mass is 32.2. The Kier molecular flexibility index (Phi) is 3.77. The molecule has 0 aromatic heterocycles. The van der Waals surface area contributed by atoms with Crippen molar-refractivity contribution < 1.29 is 17.9 Å². The fraction of sp³-hybridized carbons (Fsp3) is 0.923. The molecule has 3 aliphatic rings. The third-order valence-electron chi connectivity index (χ3n) is 4.68. The van der Waals surface area contributed by atoms with Crippen molar-refractivity contribution in [2.75, 3.05) is 39.9 Å². The van der Waals surface area contributed by atoms with E-state index in [2.05, 4.69) is 0 Å². The molecule has 1 amide bonds. The molecule has 0 N–H and O–H groups in total. The first-order valence-corrected chi connectivity index (χ1v) is 8.81. The van der Waals surface area contributed by atoms with Crippen molar-refractivity contribution in [3.63, 3.8) is 0 Å². The van der Waals surface area contributed by atoms with Crippen molar-refractivity contribution in [2.24, 2.45) is 11.8 Å². The van der Waals surface area contributed by atoms with Crippen LogP contribution in [0.4, 0.5) is 0 Å². The fourth-order valence-corrected chi connectivity index (χ4v) is 5.20. The summed E-state index contributed by atoms with van der Waals surface area (Å²) in [6.45, 7) is 2.78. The quantitative estimate of drug-likeness (QED) is 0.711. The van der Waals surface area contributed by atoms with Crippen LogP contribution >= 0.6 is 0 Å². The molecule has 0 aromatic carbocycles. The highest BCUT2D eigenvalue weighted by Crippen LogP contribution is 2.38. The lowest BCUT2D eigenvalue weighted by Crippen LogP contribution is -2.46. The summed E-state index contributed by atoms with van der Waals surface area (Å²) in [4.78, 5) is 14.2. The van der Waals surface area contributed by atoms with Crippen LogP contribution in [0.25, 0.3) is 0 Å². The van der Waals surface area contributed by atoms with Crippen LogP contribution in [0, 0.1) is 11.8 Å². The molecule has 0 unspecified atom stereocenters. The van der Waals surface area contributed by atoms with Crippen LogP contribution in [0.1, 0.15) is 19.3 Å². The van der Waals surface area contributed by atoms with Gasteiger partial charge in [0.15, 0.2) is 0 Å². The maximum Gasteiger partial charge on any atom is 0.227 e. The van der Waals surface area contributed by atoms with E-state index in [0.717, 1.165) is 25.8 Å². The van der Waals surface area contributed by atoms with Crippen LogP contribution in [-0.2, 0) is 19.6 Å². The summed E-state index contributed by atoms with van der Waals surface area (Å²) in [7, 11) is -1.52. The Hall–Kier alpha value is -0.660. The largest absolute Gasteiger partial charge is 0.383 e. The van der Waals surface area contributed by atoms with Gasteiger partial charge < -0.3 is 9.64 Å². The Bertz CT molecular complexity index is 489. The van der Waals surface area contributed by atoms with Crippen LogP contribution < -0.4 is 0 Å². The molecule has 0 aromatic rings. The van der Waals surface area contributed by atoms with E-state index in [1.165, 1.54) is 0 Å². The van der Waals surface area contributed by atoms with E-state index in [0.29, 0.717) is 26.2 Å². The molecular weight excluding hydrogens is 280 g/mol. The van der Waals surface area contributed by atoms with E-state index in [4.69, 9.17) is 4.74 Å². The molecule has 0 bridgehead atoms. The summed E-state index contributed by atoms with van der Waals surface area (Å²) >= 11 is 0. The minimum atomic E-state index is -3.14. The molecule has 20 heavy (non-hydrogen) atoms. The number of carbonyl (C=O) groups excluding carboxylic acids is 1. The van der Waals surface area contributed by atoms with Gasteiger partial charge in [0.05, 0.1) is 17.8 Å². The van der Waals surface area contributed by atoms with Gasteiger partial charge in [-0.05, 0) is 25.2 Å². The summed E-state index contributed by atoms with van der Waals surface area (Å²) in [6.07, 6.45) is 2.46. The highest BCUT2D eigenvalue weighted by Gasteiger charge is 2.49. The van der Waals surface area contributed by atoms with Crippen molar-refractivity contribution in [3.8, 4) is 0 Å². The third-order valence-corrected chi connectivity index (χ3v) is 7.01. The van der Waals surface area contributed by atoms with Crippen LogP contribution in [0.15, 0.2) is 0 Å². The molecule has 2 atom stereocenters. The zero-order chi connectivity index (χ0) is 14.3. The monoisotopic (exact) mass is 302 g/mol.